The van der Waals surface area contributed by atoms with Crippen molar-refractivity contribution in [3.8, 4) is 0 Å². The van der Waals surface area contributed by atoms with Crippen LogP contribution in [0.2, 0.25) is 0 Å². The summed E-state index contributed by atoms with van der Waals surface area (Å²) in [5, 5.41) is 7.22. The van der Waals surface area contributed by atoms with Crippen molar-refractivity contribution in [1.29, 1.82) is 0 Å². The van der Waals surface area contributed by atoms with E-state index in [9.17, 15) is 0 Å². The van der Waals surface area contributed by atoms with Crippen molar-refractivity contribution < 1.29 is 0 Å². The average molecular weight is 305 g/mol. The fourth-order valence-electron chi connectivity index (χ4n) is 5.53. The molecule has 2 nitrogen and oxygen atoms in total. The smallest absolute Gasteiger partial charge is 0.107 e. The summed E-state index contributed by atoms with van der Waals surface area (Å²) in [6.45, 7) is 6.56. The molecule has 0 saturated heterocycles. The lowest BCUT2D eigenvalue weighted by atomic mass is 9.49. The van der Waals surface area contributed by atoms with Crippen LogP contribution in [0.3, 0.4) is 0 Å². The van der Waals surface area contributed by atoms with Gasteiger partial charge < -0.3 is 5.32 Å². The Morgan fingerprint density at radius 1 is 1.19 bits per heavy atom. The molecule has 116 valence electrons. The Bertz CT molecular complexity index is 470. The number of nitrogens with one attached hydrogen (secondary N) is 1. The molecule has 21 heavy (non-hydrogen) atoms. The van der Waals surface area contributed by atoms with Crippen LogP contribution in [0, 0.1) is 23.7 Å². The van der Waals surface area contributed by atoms with E-state index in [-0.39, 0.29) is 0 Å². The molecule has 1 heterocycles. The van der Waals surface area contributed by atoms with Crippen molar-refractivity contribution in [1.82, 2.24) is 10.3 Å². The Hall–Kier alpha value is -0.410. The predicted octanol–water partition coefficient (Wildman–Crippen LogP) is 4.36. The van der Waals surface area contributed by atoms with Gasteiger partial charge in [0, 0.05) is 17.3 Å². The predicted molar refractivity (Wildman–Crippen MR) is 88.5 cm³/mol. The zero-order valence-corrected chi connectivity index (χ0v) is 14.2. The fourth-order valence-corrected chi connectivity index (χ4v) is 6.41. The second-order valence-corrected chi connectivity index (χ2v) is 9.29. The number of rotatable bonds is 5. The van der Waals surface area contributed by atoms with Crippen LogP contribution in [0.15, 0.2) is 5.38 Å². The van der Waals surface area contributed by atoms with Gasteiger partial charge in [-0.1, -0.05) is 13.8 Å². The minimum Gasteiger partial charge on any atom is -0.310 e. The van der Waals surface area contributed by atoms with Crippen LogP contribution in [0.5, 0.6) is 0 Å². The minimum absolute atomic E-state index is 0.474. The van der Waals surface area contributed by atoms with Gasteiger partial charge in [0.05, 0.1) is 5.69 Å². The SMILES string of the molecule is CC(C)CNCc1nc(C23CC4CC(CC(C4)C2)C3)cs1. The molecule has 4 aliphatic rings. The Labute approximate surface area is 132 Å². The van der Waals surface area contributed by atoms with Crippen LogP contribution in [0.1, 0.15) is 63.1 Å². The maximum absolute atomic E-state index is 5.05. The van der Waals surface area contributed by atoms with E-state index in [0.717, 1.165) is 30.8 Å². The molecule has 0 aromatic carbocycles. The average Bonchev–Trinajstić information content (AvgIpc) is 2.86. The largest absolute Gasteiger partial charge is 0.310 e. The molecule has 1 aromatic rings. The van der Waals surface area contributed by atoms with Gasteiger partial charge in [-0.25, -0.2) is 4.98 Å². The van der Waals surface area contributed by atoms with Crippen molar-refractivity contribution in [2.75, 3.05) is 6.54 Å². The van der Waals surface area contributed by atoms with Gasteiger partial charge in [-0.3, -0.25) is 0 Å². The number of aromatic nitrogens is 1. The molecule has 4 aliphatic carbocycles. The second-order valence-electron chi connectivity index (χ2n) is 8.35. The van der Waals surface area contributed by atoms with Crippen LogP contribution in [0.25, 0.3) is 0 Å². The van der Waals surface area contributed by atoms with E-state index < -0.39 is 0 Å². The lowest BCUT2D eigenvalue weighted by Gasteiger charge is -2.56. The Balaban J connectivity index is 1.48. The number of hydrogen-bond donors (Lipinski definition) is 1. The lowest BCUT2D eigenvalue weighted by molar-refractivity contribution is -0.00698. The number of nitrogens with zero attached hydrogens (tertiary/aromatic N) is 1. The summed E-state index contributed by atoms with van der Waals surface area (Å²) in [7, 11) is 0. The van der Waals surface area contributed by atoms with E-state index in [1.165, 1.54) is 49.2 Å². The van der Waals surface area contributed by atoms with E-state index >= 15 is 0 Å². The van der Waals surface area contributed by atoms with Gasteiger partial charge in [0.1, 0.15) is 5.01 Å². The van der Waals surface area contributed by atoms with Crippen LogP contribution < -0.4 is 5.32 Å². The summed E-state index contributed by atoms with van der Waals surface area (Å²) >= 11 is 1.88. The molecule has 0 amide bonds. The monoisotopic (exact) mass is 304 g/mol. The van der Waals surface area contributed by atoms with Gasteiger partial charge in [0.15, 0.2) is 0 Å². The first-order chi connectivity index (χ1) is 10.1. The van der Waals surface area contributed by atoms with E-state index in [1.54, 1.807) is 0 Å². The van der Waals surface area contributed by atoms with Crippen molar-refractivity contribution in [3.05, 3.63) is 16.1 Å². The highest BCUT2D eigenvalue weighted by Crippen LogP contribution is 2.60. The number of hydrogen-bond acceptors (Lipinski definition) is 3. The molecule has 1 aromatic heterocycles. The van der Waals surface area contributed by atoms with E-state index in [1.807, 2.05) is 11.3 Å². The highest BCUT2D eigenvalue weighted by Gasteiger charge is 2.52. The molecule has 4 fully saturated rings. The van der Waals surface area contributed by atoms with Gasteiger partial charge in [-0.2, -0.15) is 0 Å². The first kappa shape index (κ1) is 14.2. The first-order valence-electron chi connectivity index (χ1n) is 8.78. The molecule has 4 bridgehead atoms. The van der Waals surface area contributed by atoms with E-state index in [2.05, 4.69) is 24.5 Å². The standard InChI is InChI=1S/C18H28N2S/c1-12(2)9-19-10-17-20-16(11-21-17)18-6-13-3-14(7-18)5-15(4-13)8-18/h11-15,19H,3-10H2,1-2H3. The normalized spacial score (nSPS) is 37.6. The van der Waals surface area contributed by atoms with Gasteiger partial charge in [0.25, 0.3) is 0 Å². The fraction of sp³-hybridized carbons (Fsp3) is 0.833. The van der Waals surface area contributed by atoms with Crippen LogP contribution in [0.4, 0.5) is 0 Å². The Kier molecular flexibility index (Phi) is 3.61. The van der Waals surface area contributed by atoms with E-state index in [0.29, 0.717) is 11.3 Å². The van der Waals surface area contributed by atoms with Crippen LogP contribution >= 0.6 is 11.3 Å². The number of thiazole rings is 1. The molecule has 0 spiro atoms. The van der Waals surface area contributed by atoms with Crippen molar-refractivity contribution >= 4 is 11.3 Å². The summed E-state index contributed by atoms with van der Waals surface area (Å²) in [4.78, 5) is 5.05. The molecule has 0 atom stereocenters. The molecule has 0 unspecified atom stereocenters. The topological polar surface area (TPSA) is 24.9 Å². The van der Waals surface area contributed by atoms with Gasteiger partial charge in [-0.15, -0.1) is 11.3 Å². The lowest BCUT2D eigenvalue weighted by Crippen LogP contribution is -2.48. The third-order valence-electron chi connectivity index (χ3n) is 5.96. The van der Waals surface area contributed by atoms with E-state index in [4.69, 9.17) is 4.98 Å². The van der Waals surface area contributed by atoms with Crippen LogP contribution in [-0.2, 0) is 12.0 Å². The maximum atomic E-state index is 5.05. The van der Waals surface area contributed by atoms with Crippen molar-refractivity contribution in [2.45, 2.75) is 64.3 Å². The zero-order chi connectivity index (χ0) is 14.4. The third-order valence-corrected chi connectivity index (χ3v) is 6.81. The molecule has 0 radical (unpaired) electrons. The Morgan fingerprint density at radius 3 is 2.38 bits per heavy atom. The summed E-state index contributed by atoms with van der Waals surface area (Å²) in [6, 6.07) is 0. The molecular weight excluding hydrogens is 276 g/mol. The first-order valence-corrected chi connectivity index (χ1v) is 9.66. The maximum Gasteiger partial charge on any atom is 0.107 e. The summed E-state index contributed by atoms with van der Waals surface area (Å²) in [5.74, 6) is 3.76. The van der Waals surface area contributed by atoms with Crippen molar-refractivity contribution in [2.24, 2.45) is 23.7 Å². The highest BCUT2D eigenvalue weighted by atomic mass is 32.1. The van der Waals surface area contributed by atoms with Crippen LogP contribution in [-0.4, -0.2) is 11.5 Å². The van der Waals surface area contributed by atoms with Crippen molar-refractivity contribution in [3.63, 3.8) is 0 Å². The zero-order valence-electron chi connectivity index (χ0n) is 13.4. The molecule has 5 rings (SSSR count). The van der Waals surface area contributed by atoms with Gasteiger partial charge >= 0.3 is 0 Å². The summed E-state index contributed by atoms with van der Waals surface area (Å²) in [5.41, 5.74) is 1.93. The third kappa shape index (κ3) is 2.68. The summed E-state index contributed by atoms with van der Waals surface area (Å²) in [6.07, 6.45) is 8.86. The minimum atomic E-state index is 0.474. The quantitative estimate of drug-likeness (QED) is 0.874. The van der Waals surface area contributed by atoms with Gasteiger partial charge in [-0.05, 0) is 68.7 Å². The second kappa shape index (κ2) is 5.34. The summed E-state index contributed by atoms with van der Waals surface area (Å²) < 4.78 is 0. The molecule has 0 aliphatic heterocycles. The molecule has 1 N–H and O–H groups in total. The molecule has 4 saturated carbocycles. The molecular formula is C18H28N2S. The Morgan fingerprint density at radius 2 is 1.81 bits per heavy atom. The molecule has 3 heteroatoms. The highest BCUT2D eigenvalue weighted by molar-refractivity contribution is 7.09. The van der Waals surface area contributed by atoms with Gasteiger partial charge in [0.2, 0.25) is 0 Å².